The summed E-state index contributed by atoms with van der Waals surface area (Å²) in [5.41, 5.74) is 1.09. The molecule has 88 valence electrons. The Morgan fingerprint density at radius 2 is 2.19 bits per heavy atom. The van der Waals surface area contributed by atoms with E-state index >= 15 is 0 Å². The lowest BCUT2D eigenvalue weighted by Crippen LogP contribution is -2.33. The monoisotopic (exact) mass is 237 g/mol. The van der Waals surface area contributed by atoms with Crippen molar-refractivity contribution in [1.29, 1.82) is 0 Å². The van der Waals surface area contributed by atoms with Gasteiger partial charge in [0, 0.05) is 24.0 Å². The highest BCUT2D eigenvalue weighted by atomic mass is 32.2. The number of thioether (sulfide) groups is 1. The molecule has 1 aliphatic rings. The highest BCUT2D eigenvalue weighted by molar-refractivity contribution is 7.99. The molecule has 0 spiro atoms. The van der Waals surface area contributed by atoms with E-state index in [-0.39, 0.29) is 0 Å². The molecule has 1 N–H and O–H groups in total. The van der Waals surface area contributed by atoms with Crippen LogP contribution < -0.4 is 5.32 Å². The molecular formula is C12H19N3S. The van der Waals surface area contributed by atoms with Crippen molar-refractivity contribution < 1.29 is 0 Å². The van der Waals surface area contributed by atoms with Gasteiger partial charge in [-0.25, -0.2) is 9.97 Å². The first-order chi connectivity index (χ1) is 7.88. The van der Waals surface area contributed by atoms with E-state index in [1.807, 2.05) is 17.8 Å². The van der Waals surface area contributed by atoms with Crippen LogP contribution in [0.2, 0.25) is 0 Å². The Balaban J connectivity index is 1.72. The van der Waals surface area contributed by atoms with Crippen LogP contribution in [0.25, 0.3) is 0 Å². The number of hydrogen-bond donors (Lipinski definition) is 1. The third-order valence-corrected chi connectivity index (χ3v) is 4.36. The summed E-state index contributed by atoms with van der Waals surface area (Å²) in [4.78, 5) is 8.14. The van der Waals surface area contributed by atoms with E-state index in [1.165, 1.54) is 25.7 Å². The van der Waals surface area contributed by atoms with Crippen molar-refractivity contribution in [1.82, 2.24) is 15.3 Å². The van der Waals surface area contributed by atoms with Gasteiger partial charge in [0.1, 0.15) is 6.33 Å². The number of nitrogens with zero attached hydrogens (tertiary/aromatic N) is 2. The van der Waals surface area contributed by atoms with Crippen molar-refractivity contribution in [3.63, 3.8) is 0 Å². The molecule has 0 amide bonds. The Bertz CT molecular complexity index is 296. The molecule has 0 aliphatic heterocycles. The maximum absolute atomic E-state index is 4.22. The second-order valence-corrected chi connectivity index (χ2v) is 5.43. The largest absolute Gasteiger partial charge is 0.308 e. The Morgan fingerprint density at radius 3 is 2.81 bits per heavy atom. The Hall–Kier alpha value is -0.610. The van der Waals surface area contributed by atoms with Crippen molar-refractivity contribution in [2.24, 2.45) is 0 Å². The second-order valence-electron chi connectivity index (χ2n) is 4.29. The molecule has 1 aliphatic carbocycles. The molecule has 4 heteroatoms. The van der Waals surface area contributed by atoms with E-state index in [1.54, 1.807) is 12.5 Å². The van der Waals surface area contributed by atoms with Gasteiger partial charge in [-0.1, -0.05) is 0 Å². The van der Waals surface area contributed by atoms with Crippen molar-refractivity contribution in [2.45, 2.75) is 43.5 Å². The average molecular weight is 237 g/mol. The van der Waals surface area contributed by atoms with Crippen LogP contribution in [-0.2, 0) is 6.54 Å². The summed E-state index contributed by atoms with van der Waals surface area (Å²) in [5, 5.41) is 4.47. The van der Waals surface area contributed by atoms with Gasteiger partial charge >= 0.3 is 0 Å². The highest BCUT2D eigenvalue weighted by Crippen LogP contribution is 2.26. The minimum Gasteiger partial charge on any atom is -0.308 e. The minimum absolute atomic E-state index is 0.679. The lowest BCUT2D eigenvalue weighted by atomic mass is 9.95. The van der Waals surface area contributed by atoms with Crippen molar-refractivity contribution in [2.75, 3.05) is 6.26 Å². The van der Waals surface area contributed by atoms with E-state index in [0.717, 1.165) is 17.5 Å². The maximum Gasteiger partial charge on any atom is 0.115 e. The predicted molar refractivity (Wildman–Crippen MR) is 68.4 cm³/mol. The van der Waals surface area contributed by atoms with Crippen LogP contribution in [0.4, 0.5) is 0 Å². The van der Waals surface area contributed by atoms with Gasteiger partial charge in [-0.2, -0.15) is 11.8 Å². The Kier molecular flexibility index (Phi) is 4.60. The molecule has 0 saturated heterocycles. The van der Waals surface area contributed by atoms with Gasteiger partial charge in [-0.15, -0.1) is 0 Å². The number of nitrogens with one attached hydrogen (secondary N) is 1. The molecule has 0 aromatic carbocycles. The zero-order chi connectivity index (χ0) is 11.2. The van der Waals surface area contributed by atoms with Gasteiger partial charge < -0.3 is 5.32 Å². The van der Waals surface area contributed by atoms with Gasteiger partial charge in [0.05, 0.1) is 5.69 Å². The molecule has 1 saturated carbocycles. The second kappa shape index (κ2) is 6.21. The summed E-state index contributed by atoms with van der Waals surface area (Å²) in [7, 11) is 0. The first kappa shape index (κ1) is 11.9. The molecule has 1 fully saturated rings. The summed E-state index contributed by atoms with van der Waals surface area (Å²) in [6, 6.07) is 2.65. The summed E-state index contributed by atoms with van der Waals surface area (Å²) in [5.74, 6) is 0. The number of hydrogen-bond acceptors (Lipinski definition) is 4. The van der Waals surface area contributed by atoms with E-state index in [9.17, 15) is 0 Å². The lowest BCUT2D eigenvalue weighted by Gasteiger charge is -2.28. The zero-order valence-electron chi connectivity index (χ0n) is 9.72. The first-order valence-corrected chi connectivity index (χ1v) is 7.18. The van der Waals surface area contributed by atoms with Crippen LogP contribution in [0.1, 0.15) is 31.4 Å². The lowest BCUT2D eigenvalue weighted by molar-refractivity contribution is 0.377. The van der Waals surface area contributed by atoms with E-state index in [2.05, 4.69) is 21.5 Å². The summed E-state index contributed by atoms with van der Waals surface area (Å²) in [6.45, 7) is 0.872. The third-order valence-electron chi connectivity index (χ3n) is 3.22. The molecular weight excluding hydrogens is 218 g/mol. The fraction of sp³-hybridized carbons (Fsp3) is 0.667. The molecule has 1 aromatic heterocycles. The Labute approximate surface area is 101 Å². The van der Waals surface area contributed by atoms with Crippen LogP contribution in [0.15, 0.2) is 18.6 Å². The predicted octanol–water partition coefficient (Wildman–Crippen LogP) is 2.24. The number of aromatic nitrogens is 2. The molecule has 1 heterocycles. The highest BCUT2D eigenvalue weighted by Gasteiger charge is 2.19. The van der Waals surface area contributed by atoms with Gasteiger partial charge in [-0.05, 0) is 38.0 Å². The maximum atomic E-state index is 4.22. The molecule has 0 bridgehead atoms. The van der Waals surface area contributed by atoms with E-state index < -0.39 is 0 Å². The molecule has 0 radical (unpaired) electrons. The van der Waals surface area contributed by atoms with Crippen LogP contribution in [-0.4, -0.2) is 27.5 Å². The topological polar surface area (TPSA) is 37.8 Å². The summed E-state index contributed by atoms with van der Waals surface area (Å²) in [6.07, 6.45) is 10.9. The molecule has 0 atom stereocenters. The molecule has 3 nitrogen and oxygen atoms in total. The molecule has 2 rings (SSSR count). The normalized spacial score (nSPS) is 25.6. The van der Waals surface area contributed by atoms with Crippen LogP contribution in [0, 0.1) is 0 Å². The number of rotatable bonds is 4. The standard InChI is InChI=1S/C12H19N3S/c1-16-12-4-2-10(3-5-12)14-8-11-6-7-13-9-15-11/h6-7,9-10,12,14H,2-5,8H2,1H3. The zero-order valence-corrected chi connectivity index (χ0v) is 10.5. The smallest absolute Gasteiger partial charge is 0.115 e. The Morgan fingerprint density at radius 1 is 1.38 bits per heavy atom. The quantitative estimate of drug-likeness (QED) is 0.871. The summed E-state index contributed by atoms with van der Waals surface area (Å²) >= 11 is 2.01. The summed E-state index contributed by atoms with van der Waals surface area (Å²) < 4.78 is 0. The van der Waals surface area contributed by atoms with Crippen LogP contribution >= 0.6 is 11.8 Å². The van der Waals surface area contributed by atoms with Crippen LogP contribution in [0.3, 0.4) is 0 Å². The van der Waals surface area contributed by atoms with E-state index in [0.29, 0.717) is 6.04 Å². The molecule has 1 aromatic rings. The molecule has 16 heavy (non-hydrogen) atoms. The van der Waals surface area contributed by atoms with Crippen molar-refractivity contribution >= 4 is 11.8 Å². The van der Waals surface area contributed by atoms with Crippen LogP contribution in [0.5, 0.6) is 0 Å². The van der Waals surface area contributed by atoms with Gasteiger partial charge in [0.2, 0.25) is 0 Å². The van der Waals surface area contributed by atoms with Gasteiger partial charge in [0.25, 0.3) is 0 Å². The fourth-order valence-corrected chi connectivity index (χ4v) is 2.92. The van der Waals surface area contributed by atoms with Crippen molar-refractivity contribution in [3.8, 4) is 0 Å². The van der Waals surface area contributed by atoms with Crippen molar-refractivity contribution in [3.05, 3.63) is 24.3 Å². The molecule has 0 unspecified atom stereocenters. The minimum atomic E-state index is 0.679. The third kappa shape index (κ3) is 3.46. The SMILES string of the molecule is CSC1CCC(NCc2ccncn2)CC1. The first-order valence-electron chi connectivity index (χ1n) is 5.89. The van der Waals surface area contributed by atoms with Gasteiger partial charge in [-0.3, -0.25) is 0 Å². The fourth-order valence-electron chi connectivity index (χ4n) is 2.17. The average Bonchev–Trinajstić information content (AvgIpc) is 2.38. The van der Waals surface area contributed by atoms with E-state index in [4.69, 9.17) is 0 Å². The van der Waals surface area contributed by atoms with Gasteiger partial charge in [0.15, 0.2) is 0 Å².